The standard InChI is InChI=1S/C14H21N3O/c18-14(11-12-5-2-1-3-6-12)17-8-4-7-13-15-9-10-16-13/h5,9-10H,1-4,6-8,11H2,(H,15,16)(H,17,18). The lowest BCUT2D eigenvalue weighted by atomic mass is 9.97. The lowest BCUT2D eigenvalue weighted by Crippen LogP contribution is -2.25. The topological polar surface area (TPSA) is 57.8 Å². The molecule has 0 saturated heterocycles. The van der Waals surface area contributed by atoms with E-state index in [1.165, 1.54) is 18.4 Å². The summed E-state index contributed by atoms with van der Waals surface area (Å²) in [5.74, 6) is 1.14. The van der Waals surface area contributed by atoms with Crippen molar-refractivity contribution in [3.8, 4) is 0 Å². The summed E-state index contributed by atoms with van der Waals surface area (Å²) in [7, 11) is 0. The van der Waals surface area contributed by atoms with Crippen LogP contribution in [0.1, 0.15) is 44.3 Å². The largest absolute Gasteiger partial charge is 0.356 e. The maximum Gasteiger partial charge on any atom is 0.224 e. The van der Waals surface area contributed by atoms with Crippen molar-refractivity contribution in [2.45, 2.75) is 44.9 Å². The molecule has 0 atom stereocenters. The van der Waals surface area contributed by atoms with E-state index >= 15 is 0 Å². The first kappa shape index (κ1) is 12.9. The third-order valence-electron chi connectivity index (χ3n) is 3.24. The molecule has 0 unspecified atom stereocenters. The Kier molecular flexibility index (Phi) is 5.00. The highest BCUT2D eigenvalue weighted by Crippen LogP contribution is 2.19. The van der Waals surface area contributed by atoms with Crippen LogP contribution in [0.15, 0.2) is 24.0 Å². The predicted molar refractivity (Wildman–Crippen MR) is 71.1 cm³/mol. The van der Waals surface area contributed by atoms with E-state index in [0.717, 1.165) is 38.1 Å². The maximum atomic E-state index is 11.7. The number of nitrogens with one attached hydrogen (secondary N) is 2. The number of allylic oxidation sites excluding steroid dienone is 1. The molecular weight excluding hydrogens is 226 g/mol. The number of H-pyrrole nitrogens is 1. The van der Waals surface area contributed by atoms with Gasteiger partial charge < -0.3 is 10.3 Å². The average Bonchev–Trinajstić information content (AvgIpc) is 2.89. The van der Waals surface area contributed by atoms with E-state index < -0.39 is 0 Å². The molecule has 2 N–H and O–H groups in total. The number of carbonyl (C=O) groups excluding carboxylic acids is 1. The van der Waals surface area contributed by atoms with Crippen molar-refractivity contribution in [1.29, 1.82) is 0 Å². The van der Waals surface area contributed by atoms with E-state index in [4.69, 9.17) is 0 Å². The molecule has 4 heteroatoms. The Morgan fingerprint density at radius 1 is 1.44 bits per heavy atom. The third-order valence-corrected chi connectivity index (χ3v) is 3.24. The van der Waals surface area contributed by atoms with E-state index in [0.29, 0.717) is 6.42 Å². The fraction of sp³-hybridized carbons (Fsp3) is 0.571. The number of aryl methyl sites for hydroxylation is 1. The molecule has 4 nitrogen and oxygen atoms in total. The molecule has 0 saturated carbocycles. The summed E-state index contributed by atoms with van der Waals surface area (Å²) in [4.78, 5) is 18.9. The number of hydrogen-bond donors (Lipinski definition) is 2. The van der Waals surface area contributed by atoms with Gasteiger partial charge in [0.2, 0.25) is 5.91 Å². The molecule has 0 bridgehead atoms. The molecule has 0 radical (unpaired) electrons. The minimum Gasteiger partial charge on any atom is -0.356 e. The fourth-order valence-corrected chi connectivity index (χ4v) is 2.25. The number of carbonyl (C=O) groups is 1. The number of imidazole rings is 1. The zero-order valence-electron chi connectivity index (χ0n) is 10.7. The summed E-state index contributed by atoms with van der Waals surface area (Å²) >= 11 is 0. The summed E-state index contributed by atoms with van der Waals surface area (Å²) < 4.78 is 0. The number of nitrogens with zero attached hydrogens (tertiary/aromatic N) is 1. The highest BCUT2D eigenvalue weighted by molar-refractivity contribution is 5.78. The Morgan fingerprint density at radius 3 is 3.11 bits per heavy atom. The number of amides is 1. The number of aromatic amines is 1. The zero-order valence-corrected chi connectivity index (χ0v) is 10.7. The van der Waals surface area contributed by atoms with E-state index in [2.05, 4.69) is 21.4 Å². The zero-order chi connectivity index (χ0) is 12.6. The number of aromatic nitrogens is 2. The van der Waals surface area contributed by atoms with Crippen LogP contribution in [0.5, 0.6) is 0 Å². The smallest absolute Gasteiger partial charge is 0.224 e. The first-order valence-electron chi connectivity index (χ1n) is 6.77. The van der Waals surface area contributed by atoms with Crippen LogP contribution in [0.4, 0.5) is 0 Å². The summed E-state index contributed by atoms with van der Waals surface area (Å²) in [6, 6.07) is 0. The van der Waals surface area contributed by atoms with E-state index in [1.54, 1.807) is 6.20 Å². The summed E-state index contributed by atoms with van der Waals surface area (Å²) in [6.07, 6.45) is 12.9. The van der Waals surface area contributed by atoms with Gasteiger partial charge in [0.25, 0.3) is 0 Å². The van der Waals surface area contributed by atoms with Gasteiger partial charge in [0.15, 0.2) is 0 Å². The second kappa shape index (κ2) is 6.99. The van der Waals surface area contributed by atoms with E-state index in [9.17, 15) is 4.79 Å². The molecule has 0 aromatic carbocycles. The van der Waals surface area contributed by atoms with Crippen LogP contribution in [0, 0.1) is 0 Å². The van der Waals surface area contributed by atoms with Crippen molar-refractivity contribution < 1.29 is 4.79 Å². The number of rotatable bonds is 6. The van der Waals surface area contributed by atoms with Gasteiger partial charge in [-0.3, -0.25) is 4.79 Å². The molecule has 1 aromatic heterocycles. The summed E-state index contributed by atoms with van der Waals surface area (Å²) in [5, 5.41) is 2.97. The summed E-state index contributed by atoms with van der Waals surface area (Å²) in [5.41, 5.74) is 1.31. The van der Waals surface area contributed by atoms with Crippen molar-refractivity contribution in [2.75, 3.05) is 6.54 Å². The normalized spacial score (nSPS) is 15.2. The quantitative estimate of drug-likeness (QED) is 0.599. The van der Waals surface area contributed by atoms with Gasteiger partial charge in [0.05, 0.1) is 0 Å². The van der Waals surface area contributed by atoms with Gasteiger partial charge in [-0.2, -0.15) is 0 Å². The SMILES string of the molecule is O=C(CC1=CCCCC1)NCCCc1ncc[nH]1. The van der Waals surface area contributed by atoms with Crippen LogP contribution in [0.2, 0.25) is 0 Å². The Hall–Kier alpha value is -1.58. The van der Waals surface area contributed by atoms with Crippen LogP contribution in [0.25, 0.3) is 0 Å². The molecule has 1 aliphatic rings. The van der Waals surface area contributed by atoms with Crippen LogP contribution in [0.3, 0.4) is 0 Å². The third kappa shape index (κ3) is 4.35. The summed E-state index contributed by atoms with van der Waals surface area (Å²) in [6.45, 7) is 0.729. The average molecular weight is 247 g/mol. The van der Waals surface area contributed by atoms with Crippen LogP contribution in [-0.2, 0) is 11.2 Å². The Bertz CT molecular complexity index is 395. The van der Waals surface area contributed by atoms with Crippen LogP contribution < -0.4 is 5.32 Å². The van der Waals surface area contributed by atoms with Gasteiger partial charge in [0.1, 0.15) is 5.82 Å². The minimum atomic E-state index is 0.155. The van der Waals surface area contributed by atoms with E-state index in [1.807, 2.05) is 6.20 Å². The molecule has 1 aliphatic carbocycles. The Balaban J connectivity index is 1.58. The Labute approximate surface area is 108 Å². The lowest BCUT2D eigenvalue weighted by Gasteiger charge is -2.12. The van der Waals surface area contributed by atoms with Gasteiger partial charge in [0, 0.05) is 31.8 Å². The monoisotopic (exact) mass is 247 g/mol. The van der Waals surface area contributed by atoms with Gasteiger partial charge in [-0.05, 0) is 32.1 Å². The molecule has 0 aliphatic heterocycles. The van der Waals surface area contributed by atoms with Crippen molar-refractivity contribution >= 4 is 5.91 Å². The van der Waals surface area contributed by atoms with Crippen molar-refractivity contribution in [3.63, 3.8) is 0 Å². The first-order valence-corrected chi connectivity index (χ1v) is 6.77. The van der Waals surface area contributed by atoms with E-state index in [-0.39, 0.29) is 5.91 Å². The Morgan fingerprint density at radius 2 is 2.39 bits per heavy atom. The highest BCUT2D eigenvalue weighted by atomic mass is 16.1. The molecule has 2 rings (SSSR count). The molecule has 1 heterocycles. The second-order valence-corrected chi connectivity index (χ2v) is 4.77. The molecule has 18 heavy (non-hydrogen) atoms. The van der Waals surface area contributed by atoms with Crippen molar-refractivity contribution in [3.05, 3.63) is 29.9 Å². The molecule has 1 aromatic rings. The van der Waals surface area contributed by atoms with Crippen LogP contribution in [-0.4, -0.2) is 22.4 Å². The maximum absolute atomic E-state index is 11.7. The van der Waals surface area contributed by atoms with Gasteiger partial charge in [-0.15, -0.1) is 0 Å². The van der Waals surface area contributed by atoms with Gasteiger partial charge >= 0.3 is 0 Å². The first-order chi connectivity index (χ1) is 8.84. The molecule has 98 valence electrons. The second-order valence-electron chi connectivity index (χ2n) is 4.77. The molecule has 0 spiro atoms. The molecule has 0 fully saturated rings. The highest BCUT2D eigenvalue weighted by Gasteiger charge is 2.08. The predicted octanol–water partition coefficient (Wildman–Crippen LogP) is 2.35. The van der Waals surface area contributed by atoms with Crippen LogP contribution >= 0.6 is 0 Å². The minimum absolute atomic E-state index is 0.155. The molecular formula is C14H21N3O. The van der Waals surface area contributed by atoms with Gasteiger partial charge in [-0.1, -0.05) is 11.6 Å². The van der Waals surface area contributed by atoms with Gasteiger partial charge in [-0.25, -0.2) is 4.98 Å². The lowest BCUT2D eigenvalue weighted by molar-refractivity contribution is -0.120. The fourth-order valence-electron chi connectivity index (χ4n) is 2.25. The number of hydrogen-bond acceptors (Lipinski definition) is 2. The van der Waals surface area contributed by atoms with Crippen molar-refractivity contribution in [2.24, 2.45) is 0 Å². The van der Waals surface area contributed by atoms with Crippen molar-refractivity contribution in [1.82, 2.24) is 15.3 Å². The molecule has 1 amide bonds.